The minimum absolute atomic E-state index is 0.255. The molecule has 0 saturated carbocycles. The van der Waals surface area contributed by atoms with Gasteiger partial charge in [-0.2, -0.15) is 0 Å². The van der Waals surface area contributed by atoms with Gasteiger partial charge in [0.25, 0.3) is 0 Å². The molecular formula is C16H20FNO. The van der Waals surface area contributed by atoms with Crippen LogP contribution in [0.2, 0.25) is 0 Å². The van der Waals surface area contributed by atoms with Crippen molar-refractivity contribution in [3.05, 3.63) is 41.7 Å². The predicted octanol–water partition coefficient (Wildman–Crippen LogP) is 5.06. The van der Waals surface area contributed by atoms with Crippen LogP contribution in [0.15, 0.2) is 34.9 Å². The summed E-state index contributed by atoms with van der Waals surface area (Å²) in [7, 11) is 0. The zero-order valence-electron chi connectivity index (χ0n) is 11.9. The third-order valence-electron chi connectivity index (χ3n) is 3.13. The lowest BCUT2D eigenvalue weighted by atomic mass is 9.87. The molecule has 0 aliphatic rings. The Morgan fingerprint density at radius 2 is 1.84 bits per heavy atom. The zero-order chi connectivity index (χ0) is 14.0. The van der Waals surface area contributed by atoms with Crippen molar-refractivity contribution in [1.29, 1.82) is 0 Å². The van der Waals surface area contributed by atoms with Crippen molar-refractivity contribution < 1.29 is 8.91 Å². The molecule has 3 heteroatoms. The van der Waals surface area contributed by atoms with E-state index in [9.17, 15) is 4.39 Å². The maximum Gasteiger partial charge on any atom is 0.148 e. The van der Waals surface area contributed by atoms with Crippen molar-refractivity contribution in [2.45, 2.75) is 45.7 Å². The molecule has 1 atom stereocenters. The van der Waals surface area contributed by atoms with Crippen molar-refractivity contribution >= 4 is 0 Å². The molecule has 0 amide bonds. The summed E-state index contributed by atoms with van der Waals surface area (Å²) in [5.74, 6) is 0.640. The molecule has 1 unspecified atom stereocenters. The first-order valence-electron chi connectivity index (χ1n) is 6.64. The summed E-state index contributed by atoms with van der Waals surface area (Å²) in [5, 5.41) is 4.11. The Morgan fingerprint density at radius 1 is 1.21 bits per heavy atom. The first-order valence-corrected chi connectivity index (χ1v) is 6.64. The number of nitrogens with zero attached hydrogens (tertiary/aromatic N) is 1. The Labute approximate surface area is 113 Å². The fraction of sp³-hybridized carbons (Fsp3) is 0.438. The summed E-state index contributed by atoms with van der Waals surface area (Å²) in [6.45, 7) is 7.86. The van der Waals surface area contributed by atoms with E-state index in [1.54, 1.807) is 0 Å². The number of benzene rings is 1. The van der Waals surface area contributed by atoms with Crippen molar-refractivity contribution in [2.75, 3.05) is 0 Å². The highest BCUT2D eigenvalue weighted by atomic mass is 19.1. The minimum atomic E-state index is -1.05. The fourth-order valence-electron chi connectivity index (χ4n) is 2.14. The van der Waals surface area contributed by atoms with Crippen molar-refractivity contribution in [2.24, 2.45) is 0 Å². The molecule has 1 heterocycles. The van der Waals surface area contributed by atoms with Gasteiger partial charge >= 0.3 is 0 Å². The summed E-state index contributed by atoms with van der Waals surface area (Å²) >= 11 is 0. The van der Waals surface area contributed by atoms with E-state index in [0.29, 0.717) is 23.4 Å². The maximum absolute atomic E-state index is 14.3. The van der Waals surface area contributed by atoms with E-state index in [1.165, 1.54) is 0 Å². The lowest BCUT2D eigenvalue weighted by Gasteiger charge is -2.17. The lowest BCUT2D eigenvalue weighted by molar-refractivity contribution is 0.297. The molecule has 19 heavy (non-hydrogen) atoms. The molecule has 0 saturated heterocycles. The Hall–Kier alpha value is -1.64. The van der Waals surface area contributed by atoms with Crippen LogP contribution in [0.3, 0.4) is 0 Å². The molecule has 0 bridgehead atoms. The van der Waals surface area contributed by atoms with Gasteiger partial charge in [0.05, 0.1) is 5.56 Å². The molecular weight excluding hydrogens is 241 g/mol. The van der Waals surface area contributed by atoms with Crippen LogP contribution in [0, 0.1) is 0 Å². The van der Waals surface area contributed by atoms with Crippen molar-refractivity contribution in [1.82, 2.24) is 5.16 Å². The average molecular weight is 261 g/mol. The Balaban J connectivity index is 2.60. The number of aromatic nitrogens is 1. The molecule has 0 N–H and O–H groups in total. The molecule has 0 aliphatic heterocycles. The molecule has 2 aromatic rings. The molecule has 1 aromatic carbocycles. The van der Waals surface area contributed by atoms with E-state index in [1.807, 2.05) is 58.0 Å². The standard InChI is InChI=1S/C16H20FNO/c1-5-12(17)13-14(11-9-7-6-8-10-11)18-19-15(13)16(2,3)4/h6-10,12H,5H2,1-4H3. The number of alkyl halides is 1. The molecule has 1 aromatic heterocycles. The third kappa shape index (κ3) is 2.70. The monoisotopic (exact) mass is 261 g/mol. The summed E-state index contributed by atoms with van der Waals surface area (Å²) in [6.07, 6.45) is -0.625. The number of halogens is 1. The van der Waals surface area contributed by atoms with Gasteiger partial charge in [0, 0.05) is 11.0 Å². The van der Waals surface area contributed by atoms with Gasteiger partial charge in [-0.1, -0.05) is 63.2 Å². The molecule has 102 valence electrons. The summed E-state index contributed by atoms with van der Waals surface area (Å²) < 4.78 is 19.8. The minimum Gasteiger partial charge on any atom is -0.360 e. The second-order valence-electron chi connectivity index (χ2n) is 5.77. The number of rotatable bonds is 3. The first kappa shape index (κ1) is 13.8. The van der Waals surface area contributed by atoms with Gasteiger partial charge < -0.3 is 4.52 Å². The molecule has 0 spiro atoms. The van der Waals surface area contributed by atoms with E-state index >= 15 is 0 Å². The van der Waals surface area contributed by atoms with Crippen LogP contribution in [-0.2, 0) is 5.41 Å². The predicted molar refractivity (Wildman–Crippen MR) is 74.8 cm³/mol. The largest absolute Gasteiger partial charge is 0.360 e. The summed E-state index contributed by atoms with van der Waals surface area (Å²) in [6, 6.07) is 9.63. The number of hydrogen-bond donors (Lipinski definition) is 0. The number of hydrogen-bond acceptors (Lipinski definition) is 2. The van der Waals surface area contributed by atoms with E-state index in [0.717, 1.165) is 5.56 Å². The Morgan fingerprint density at radius 3 is 2.37 bits per heavy atom. The van der Waals surface area contributed by atoms with E-state index in [4.69, 9.17) is 4.52 Å². The van der Waals surface area contributed by atoms with Gasteiger partial charge in [0.2, 0.25) is 0 Å². The SMILES string of the molecule is CCC(F)c1c(-c2ccccc2)noc1C(C)(C)C. The molecule has 0 aliphatic carbocycles. The van der Waals surface area contributed by atoms with Crippen LogP contribution < -0.4 is 0 Å². The van der Waals surface area contributed by atoms with Crippen LogP contribution in [-0.4, -0.2) is 5.16 Å². The summed E-state index contributed by atoms with van der Waals surface area (Å²) in [5.41, 5.74) is 1.86. The van der Waals surface area contributed by atoms with Gasteiger partial charge in [-0.25, -0.2) is 4.39 Å². The van der Waals surface area contributed by atoms with Crippen LogP contribution in [0.25, 0.3) is 11.3 Å². The molecule has 2 nitrogen and oxygen atoms in total. The molecule has 0 radical (unpaired) electrons. The fourth-order valence-corrected chi connectivity index (χ4v) is 2.14. The summed E-state index contributed by atoms with van der Waals surface area (Å²) in [4.78, 5) is 0. The first-order chi connectivity index (χ1) is 8.95. The Kier molecular flexibility index (Phi) is 3.74. The van der Waals surface area contributed by atoms with E-state index in [-0.39, 0.29) is 5.41 Å². The van der Waals surface area contributed by atoms with Gasteiger partial charge in [0.15, 0.2) is 0 Å². The van der Waals surface area contributed by atoms with E-state index in [2.05, 4.69) is 5.16 Å². The second-order valence-corrected chi connectivity index (χ2v) is 5.77. The maximum atomic E-state index is 14.3. The lowest BCUT2D eigenvalue weighted by Crippen LogP contribution is -2.13. The van der Waals surface area contributed by atoms with Gasteiger partial charge in [0.1, 0.15) is 17.6 Å². The highest BCUT2D eigenvalue weighted by Gasteiger charge is 2.31. The van der Waals surface area contributed by atoms with Gasteiger partial charge in [-0.15, -0.1) is 0 Å². The van der Waals surface area contributed by atoms with Crippen LogP contribution in [0.4, 0.5) is 4.39 Å². The van der Waals surface area contributed by atoms with Crippen LogP contribution >= 0.6 is 0 Å². The van der Waals surface area contributed by atoms with E-state index < -0.39 is 6.17 Å². The van der Waals surface area contributed by atoms with Crippen molar-refractivity contribution in [3.8, 4) is 11.3 Å². The quantitative estimate of drug-likeness (QED) is 0.771. The van der Waals surface area contributed by atoms with Crippen LogP contribution in [0.5, 0.6) is 0 Å². The average Bonchev–Trinajstić information content (AvgIpc) is 2.83. The normalized spacial score (nSPS) is 13.5. The highest BCUT2D eigenvalue weighted by Crippen LogP contribution is 2.39. The molecule has 2 rings (SSSR count). The smallest absolute Gasteiger partial charge is 0.148 e. The van der Waals surface area contributed by atoms with Gasteiger partial charge in [-0.05, 0) is 6.42 Å². The molecule has 0 fully saturated rings. The zero-order valence-corrected chi connectivity index (χ0v) is 11.9. The third-order valence-corrected chi connectivity index (χ3v) is 3.13. The van der Waals surface area contributed by atoms with Gasteiger partial charge in [-0.3, -0.25) is 0 Å². The van der Waals surface area contributed by atoms with Crippen LogP contribution in [0.1, 0.15) is 51.6 Å². The highest BCUT2D eigenvalue weighted by molar-refractivity contribution is 5.64. The second kappa shape index (κ2) is 5.16. The Bertz CT molecular complexity index is 540. The van der Waals surface area contributed by atoms with Crippen molar-refractivity contribution in [3.63, 3.8) is 0 Å². The topological polar surface area (TPSA) is 26.0 Å².